The van der Waals surface area contributed by atoms with Gasteiger partial charge in [-0.3, -0.25) is 9.88 Å². The Morgan fingerprint density at radius 3 is 2.71 bits per heavy atom. The topological polar surface area (TPSA) is 45.6 Å². The van der Waals surface area contributed by atoms with Crippen LogP contribution >= 0.6 is 0 Å². The molecular weight excluding hydrogens is 264 g/mol. The summed E-state index contributed by atoms with van der Waals surface area (Å²) in [5.74, 6) is 0.725. The third-order valence-electron chi connectivity index (χ3n) is 3.71. The van der Waals surface area contributed by atoms with E-state index in [4.69, 9.17) is 4.74 Å². The van der Waals surface area contributed by atoms with Crippen molar-refractivity contribution < 1.29 is 9.84 Å². The van der Waals surface area contributed by atoms with E-state index in [1.165, 1.54) is 5.56 Å². The van der Waals surface area contributed by atoms with E-state index in [0.29, 0.717) is 12.3 Å². The first-order valence-electron chi connectivity index (χ1n) is 7.12. The molecule has 21 heavy (non-hydrogen) atoms. The molecule has 0 saturated heterocycles. The quantitative estimate of drug-likeness (QED) is 0.884. The number of benzene rings is 1. The maximum atomic E-state index is 10.2. The number of phenols is 1. The number of hydrogen-bond acceptors (Lipinski definition) is 4. The average molecular weight is 286 g/mol. The lowest BCUT2D eigenvalue weighted by Gasteiger charge is -2.27. The van der Waals surface area contributed by atoms with Crippen molar-refractivity contribution in [1.29, 1.82) is 0 Å². The Morgan fingerprint density at radius 2 is 2.10 bits per heavy atom. The third kappa shape index (κ3) is 3.52. The van der Waals surface area contributed by atoms with Crippen LogP contribution in [0, 0.1) is 0 Å². The van der Waals surface area contributed by atoms with Crippen molar-refractivity contribution >= 4 is 0 Å². The normalized spacial score (nSPS) is 12.4. The molecule has 2 aromatic rings. The number of rotatable bonds is 6. The van der Waals surface area contributed by atoms with Crippen molar-refractivity contribution in [2.75, 3.05) is 14.2 Å². The van der Waals surface area contributed by atoms with Crippen LogP contribution in [0.3, 0.4) is 0 Å². The smallest absolute Gasteiger partial charge is 0.162 e. The monoisotopic (exact) mass is 286 g/mol. The lowest BCUT2D eigenvalue weighted by atomic mass is 10.0. The molecule has 4 nitrogen and oxygen atoms in total. The van der Waals surface area contributed by atoms with Gasteiger partial charge in [-0.05, 0) is 31.2 Å². The molecule has 1 unspecified atom stereocenters. The molecule has 0 amide bonds. The highest BCUT2D eigenvalue weighted by atomic mass is 16.5. The zero-order valence-corrected chi connectivity index (χ0v) is 12.8. The number of para-hydroxylation sites is 1. The molecule has 2 rings (SSSR count). The molecule has 4 heteroatoms. The standard InChI is InChI=1S/C17H22N2O2/c1-4-15(13-8-6-10-18-11-13)19(2)12-14-7-5-9-16(21-3)17(14)20/h5-11,15,20H,4,12H2,1-3H3. The third-order valence-corrected chi connectivity index (χ3v) is 3.71. The van der Waals surface area contributed by atoms with Crippen LogP contribution in [0.1, 0.15) is 30.5 Å². The van der Waals surface area contributed by atoms with E-state index in [2.05, 4.69) is 29.9 Å². The molecule has 0 aliphatic rings. The molecule has 0 fully saturated rings. The van der Waals surface area contributed by atoms with Crippen LogP contribution < -0.4 is 4.74 Å². The van der Waals surface area contributed by atoms with Gasteiger partial charge in [-0.1, -0.05) is 25.1 Å². The fourth-order valence-electron chi connectivity index (χ4n) is 2.61. The largest absolute Gasteiger partial charge is 0.504 e. The first kappa shape index (κ1) is 15.3. The van der Waals surface area contributed by atoms with Crippen LogP contribution in [0.15, 0.2) is 42.7 Å². The van der Waals surface area contributed by atoms with E-state index < -0.39 is 0 Å². The van der Waals surface area contributed by atoms with Gasteiger partial charge in [-0.2, -0.15) is 0 Å². The van der Waals surface area contributed by atoms with Crippen molar-refractivity contribution in [3.05, 3.63) is 53.9 Å². The van der Waals surface area contributed by atoms with Gasteiger partial charge in [-0.15, -0.1) is 0 Å². The van der Waals surface area contributed by atoms with Crippen LogP contribution in [0.25, 0.3) is 0 Å². The Kier molecular flexibility index (Phi) is 5.17. The van der Waals surface area contributed by atoms with Crippen molar-refractivity contribution in [2.45, 2.75) is 25.9 Å². The summed E-state index contributed by atoms with van der Waals surface area (Å²) >= 11 is 0. The fraction of sp³-hybridized carbons (Fsp3) is 0.353. The molecule has 0 radical (unpaired) electrons. The summed E-state index contributed by atoms with van der Waals surface area (Å²) in [5, 5.41) is 10.2. The van der Waals surface area contributed by atoms with Crippen LogP contribution in [-0.2, 0) is 6.54 Å². The van der Waals surface area contributed by atoms with Gasteiger partial charge in [0.2, 0.25) is 0 Å². The summed E-state index contributed by atoms with van der Waals surface area (Å²) < 4.78 is 5.16. The highest BCUT2D eigenvalue weighted by Gasteiger charge is 2.17. The Hall–Kier alpha value is -2.07. The van der Waals surface area contributed by atoms with Gasteiger partial charge in [-0.25, -0.2) is 0 Å². The molecular formula is C17H22N2O2. The van der Waals surface area contributed by atoms with E-state index in [1.807, 2.05) is 24.4 Å². The summed E-state index contributed by atoms with van der Waals surface area (Å²) in [6.45, 7) is 2.80. The second-order valence-electron chi connectivity index (χ2n) is 5.09. The van der Waals surface area contributed by atoms with Crippen molar-refractivity contribution in [3.63, 3.8) is 0 Å². The van der Waals surface area contributed by atoms with E-state index in [1.54, 1.807) is 19.4 Å². The first-order chi connectivity index (χ1) is 10.2. The summed E-state index contributed by atoms with van der Waals surface area (Å²) in [6.07, 6.45) is 4.66. The first-order valence-corrected chi connectivity index (χ1v) is 7.12. The van der Waals surface area contributed by atoms with Crippen LogP contribution in [-0.4, -0.2) is 29.1 Å². The second-order valence-corrected chi connectivity index (χ2v) is 5.09. The molecule has 1 aromatic heterocycles. The molecule has 0 aliphatic carbocycles. The second kappa shape index (κ2) is 7.09. The molecule has 112 valence electrons. The predicted molar refractivity (Wildman–Crippen MR) is 83.4 cm³/mol. The molecule has 0 saturated carbocycles. The summed E-state index contributed by atoms with van der Waals surface area (Å²) in [7, 11) is 3.62. The minimum absolute atomic E-state index is 0.216. The summed E-state index contributed by atoms with van der Waals surface area (Å²) in [5.41, 5.74) is 2.05. The highest BCUT2D eigenvalue weighted by Crippen LogP contribution is 2.32. The summed E-state index contributed by atoms with van der Waals surface area (Å²) in [6, 6.07) is 9.89. The number of ether oxygens (including phenoxy) is 1. The van der Waals surface area contributed by atoms with Crippen molar-refractivity contribution in [2.24, 2.45) is 0 Å². The number of phenolic OH excluding ortho intramolecular Hbond substituents is 1. The highest BCUT2D eigenvalue weighted by molar-refractivity contribution is 5.45. The van der Waals surface area contributed by atoms with E-state index in [-0.39, 0.29) is 11.8 Å². The molecule has 1 atom stereocenters. The number of pyridine rings is 1. The Balaban J connectivity index is 2.18. The number of hydrogen-bond donors (Lipinski definition) is 1. The van der Waals surface area contributed by atoms with Gasteiger partial charge in [0, 0.05) is 30.5 Å². The van der Waals surface area contributed by atoms with Gasteiger partial charge in [0.15, 0.2) is 11.5 Å². The summed E-state index contributed by atoms with van der Waals surface area (Å²) in [4.78, 5) is 6.41. The molecule has 0 spiro atoms. The number of aromatic hydroxyl groups is 1. The fourth-order valence-corrected chi connectivity index (χ4v) is 2.61. The molecule has 1 aromatic carbocycles. The van der Waals surface area contributed by atoms with Gasteiger partial charge in [0.25, 0.3) is 0 Å². The van der Waals surface area contributed by atoms with Gasteiger partial charge in [0.1, 0.15) is 0 Å². The lowest BCUT2D eigenvalue weighted by Crippen LogP contribution is -2.24. The maximum Gasteiger partial charge on any atom is 0.162 e. The molecule has 1 N–H and O–H groups in total. The lowest BCUT2D eigenvalue weighted by molar-refractivity contribution is 0.226. The van der Waals surface area contributed by atoms with Crippen LogP contribution in [0.5, 0.6) is 11.5 Å². The molecule has 0 aliphatic heterocycles. The van der Waals surface area contributed by atoms with E-state index in [9.17, 15) is 5.11 Å². The Morgan fingerprint density at radius 1 is 1.29 bits per heavy atom. The number of nitrogens with zero attached hydrogens (tertiary/aromatic N) is 2. The van der Waals surface area contributed by atoms with E-state index in [0.717, 1.165) is 12.0 Å². The zero-order valence-electron chi connectivity index (χ0n) is 12.8. The van der Waals surface area contributed by atoms with Gasteiger partial charge < -0.3 is 9.84 Å². The van der Waals surface area contributed by atoms with E-state index >= 15 is 0 Å². The number of methoxy groups -OCH3 is 1. The zero-order chi connectivity index (χ0) is 15.2. The predicted octanol–water partition coefficient (Wildman–Crippen LogP) is 3.38. The average Bonchev–Trinajstić information content (AvgIpc) is 2.51. The molecule has 0 bridgehead atoms. The van der Waals surface area contributed by atoms with Crippen molar-refractivity contribution in [3.8, 4) is 11.5 Å². The Labute approximate surface area is 126 Å². The minimum atomic E-state index is 0.216. The number of aromatic nitrogens is 1. The van der Waals surface area contributed by atoms with Crippen LogP contribution in [0.2, 0.25) is 0 Å². The maximum absolute atomic E-state index is 10.2. The van der Waals surface area contributed by atoms with Crippen molar-refractivity contribution in [1.82, 2.24) is 9.88 Å². The SMILES string of the molecule is CCC(c1cccnc1)N(C)Cc1cccc(OC)c1O. The van der Waals surface area contributed by atoms with Gasteiger partial charge >= 0.3 is 0 Å². The van der Waals surface area contributed by atoms with Crippen LogP contribution in [0.4, 0.5) is 0 Å². The Bertz CT molecular complexity index is 572. The minimum Gasteiger partial charge on any atom is -0.504 e. The van der Waals surface area contributed by atoms with Gasteiger partial charge in [0.05, 0.1) is 7.11 Å². The molecule has 1 heterocycles.